The van der Waals surface area contributed by atoms with Crippen LogP contribution in [0.3, 0.4) is 0 Å². The minimum absolute atomic E-state index is 0.852. The molecule has 0 aliphatic heterocycles. The van der Waals surface area contributed by atoms with Crippen molar-refractivity contribution in [1.82, 2.24) is 24.5 Å². The van der Waals surface area contributed by atoms with Crippen LogP contribution in [0.2, 0.25) is 0 Å². The van der Waals surface area contributed by atoms with Crippen LogP contribution < -0.4 is 0 Å². The van der Waals surface area contributed by atoms with E-state index in [1.807, 2.05) is 29.4 Å². The summed E-state index contributed by atoms with van der Waals surface area (Å²) in [7, 11) is 0. The number of nitrogens with zero attached hydrogens (tertiary/aromatic N) is 5. The number of thiazole rings is 1. The van der Waals surface area contributed by atoms with E-state index in [0.717, 1.165) is 29.3 Å². The molecule has 0 aliphatic carbocycles. The molecule has 3 aromatic heterocycles. The summed E-state index contributed by atoms with van der Waals surface area (Å²) < 4.78 is 3.77. The lowest BCUT2D eigenvalue weighted by atomic mass is 10.2. The summed E-state index contributed by atoms with van der Waals surface area (Å²) in [6.07, 6.45) is 3.83. The van der Waals surface area contributed by atoms with Crippen LogP contribution >= 0.6 is 11.3 Å². The van der Waals surface area contributed by atoms with Crippen molar-refractivity contribution < 1.29 is 0 Å². The summed E-state index contributed by atoms with van der Waals surface area (Å²) >= 11 is 1.56. The van der Waals surface area contributed by atoms with Gasteiger partial charge in [-0.05, 0) is 19.9 Å². The number of aryl methyl sites for hydroxylation is 2. The van der Waals surface area contributed by atoms with Gasteiger partial charge in [-0.1, -0.05) is 0 Å². The van der Waals surface area contributed by atoms with E-state index in [9.17, 15) is 0 Å². The molecule has 0 spiro atoms. The highest BCUT2D eigenvalue weighted by Crippen LogP contribution is 2.21. The molecule has 0 radical (unpaired) electrons. The predicted molar refractivity (Wildman–Crippen MR) is 70.9 cm³/mol. The molecule has 6 heteroatoms. The summed E-state index contributed by atoms with van der Waals surface area (Å²) in [6.45, 7) is 4.94. The van der Waals surface area contributed by atoms with Gasteiger partial charge < -0.3 is 0 Å². The zero-order valence-electron chi connectivity index (χ0n) is 10.2. The van der Waals surface area contributed by atoms with Gasteiger partial charge in [-0.25, -0.2) is 9.67 Å². The van der Waals surface area contributed by atoms with Gasteiger partial charge in [0.15, 0.2) is 5.82 Å². The van der Waals surface area contributed by atoms with Gasteiger partial charge in [-0.3, -0.25) is 4.68 Å². The van der Waals surface area contributed by atoms with Gasteiger partial charge in [-0.15, -0.1) is 11.3 Å². The normalized spacial score (nSPS) is 11.0. The van der Waals surface area contributed by atoms with Gasteiger partial charge in [0.1, 0.15) is 0 Å². The lowest BCUT2D eigenvalue weighted by Gasteiger charge is -2.00. The maximum atomic E-state index is 4.44. The fraction of sp³-hybridized carbons (Fsp3) is 0.250. The zero-order valence-corrected chi connectivity index (χ0v) is 11.1. The number of aromatic nitrogens is 5. The second-order valence-corrected chi connectivity index (χ2v) is 4.73. The molecule has 0 N–H and O–H groups in total. The highest BCUT2D eigenvalue weighted by Gasteiger charge is 2.10. The molecule has 0 aliphatic rings. The highest BCUT2D eigenvalue weighted by atomic mass is 32.1. The van der Waals surface area contributed by atoms with Crippen LogP contribution in [-0.2, 0) is 6.54 Å². The minimum Gasteiger partial charge on any atom is -0.265 e. The summed E-state index contributed by atoms with van der Waals surface area (Å²) in [5, 5.41) is 10.8. The number of hydrogen-bond donors (Lipinski definition) is 0. The van der Waals surface area contributed by atoms with Gasteiger partial charge in [0, 0.05) is 23.7 Å². The number of rotatable bonds is 3. The summed E-state index contributed by atoms with van der Waals surface area (Å²) in [6, 6.07) is 2.08. The Balaban J connectivity index is 2.02. The number of hydrogen-bond acceptors (Lipinski definition) is 4. The van der Waals surface area contributed by atoms with Crippen molar-refractivity contribution in [3.8, 4) is 17.1 Å². The Hall–Kier alpha value is -1.95. The lowest BCUT2D eigenvalue weighted by molar-refractivity contribution is 0.660. The molecule has 3 heterocycles. The Labute approximate surface area is 109 Å². The van der Waals surface area contributed by atoms with Crippen molar-refractivity contribution in [3.05, 3.63) is 35.0 Å². The topological polar surface area (TPSA) is 48.5 Å². The van der Waals surface area contributed by atoms with Crippen molar-refractivity contribution in [3.63, 3.8) is 0 Å². The fourth-order valence-electron chi connectivity index (χ4n) is 1.92. The van der Waals surface area contributed by atoms with E-state index in [1.165, 1.54) is 0 Å². The molecule has 0 fully saturated rings. The standard InChI is InChI=1S/C12H13N5S/c1-3-16-11(4-9(2)15-16)10-5-14-17(6-10)12-7-18-8-13-12/h4-8H,3H2,1-2H3. The van der Waals surface area contributed by atoms with E-state index in [4.69, 9.17) is 0 Å². The van der Waals surface area contributed by atoms with Crippen LogP contribution in [0.15, 0.2) is 29.4 Å². The van der Waals surface area contributed by atoms with E-state index < -0.39 is 0 Å². The van der Waals surface area contributed by atoms with Crippen molar-refractivity contribution in [2.45, 2.75) is 20.4 Å². The smallest absolute Gasteiger partial charge is 0.164 e. The Morgan fingerprint density at radius 2 is 2.28 bits per heavy atom. The largest absolute Gasteiger partial charge is 0.265 e. The van der Waals surface area contributed by atoms with Crippen molar-refractivity contribution >= 4 is 11.3 Å². The Bertz CT molecular complexity index is 650. The third-order valence-electron chi connectivity index (χ3n) is 2.73. The van der Waals surface area contributed by atoms with Crippen LogP contribution in [0.5, 0.6) is 0 Å². The molecule has 5 nitrogen and oxygen atoms in total. The van der Waals surface area contributed by atoms with Crippen LogP contribution in [0, 0.1) is 6.92 Å². The molecule has 18 heavy (non-hydrogen) atoms. The summed E-state index contributed by atoms with van der Waals surface area (Å²) in [4.78, 5) is 4.24. The van der Waals surface area contributed by atoms with Crippen LogP contribution in [0.4, 0.5) is 0 Å². The van der Waals surface area contributed by atoms with E-state index in [2.05, 4.69) is 28.2 Å². The van der Waals surface area contributed by atoms with Crippen molar-refractivity contribution in [1.29, 1.82) is 0 Å². The molecule has 0 saturated heterocycles. The molecule has 92 valence electrons. The highest BCUT2D eigenvalue weighted by molar-refractivity contribution is 7.07. The molecule has 3 rings (SSSR count). The second-order valence-electron chi connectivity index (χ2n) is 4.01. The average Bonchev–Trinajstić information content (AvgIpc) is 3.08. The predicted octanol–water partition coefficient (Wildman–Crippen LogP) is 2.52. The van der Waals surface area contributed by atoms with Crippen LogP contribution in [-0.4, -0.2) is 24.5 Å². The van der Waals surface area contributed by atoms with Crippen molar-refractivity contribution in [2.75, 3.05) is 0 Å². The SMILES string of the molecule is CCn1nc(C)cc1-c1cnn(-c2cscn2)c1. The van der Waals surface area contributed by atoms with Crippen LogP contribution in [0.25, 0.3) is 17.1 Å². The van der Waals surface area contributed by atoms with E-state index in [0.29, 0.717) is 0 Å². The first-order chi connectivity index (χ1) is 8.78. The minimum atomic E-state index is 0.852. The third kappa shape index (κ3) is 1.84. The maximum absolute atomic E-state index is 4.44. The molecule has 0 bridgehead atoms. The molecule has 3 aromatic rings. The summed E-state index contributed by atoms with van der Waals surface area (Å²) in [5.41, 5.74) is 4.98. The van der Waals surface area contributed by atoms with E-state index >= 15 is 0 Å². The second kappa shape index (κ2) is 4.38. The molecular weight excluding hydrogens is 246 g/mol. The third-order valence-corrected chi connectivity index (χ3v) is 3.31. The quantitative estimate of drug-likeness (QED) is 0.726. The fourth-order valence-corrected chi connectivity index (χ4v) is 2.44. The molecule has 0 amide bonds. The van der Waals surface area contributed by atoms with Crippen LogP contribution in [0.1, 0.15) is 12.6 Å². The molecule has 0 saturated carbocycles. The monoisotopic (exact) mass is 259 g/mol. The molecule has 0 atom stereocenters. The Kier molecular flexibility index (Phi) is 2.71. The van der Waals surface area contributed by atoms with Gasteiger partial charge in [0.05, 0.1) is 23.1 Å². The zero-order chi connectivity index (χ0) is 12.5. The maximum Gasteiger partial charge on any atom is 0.164 e. The first-order valence-corrected chi connectivity index (χ1v) is 6.70. The van der Waals surface area contributed by atoms with E-state index in [1.54, 1.807) is 21.5 Å². The first kappa shape index (κ1) is 11.2. The molecule has 0 unspecified atom stereocenters. The molecular formula is C12H13N5S. The lowest BCUT2D eigenvalue weighted by Crippen LogP contribution is -1.98. The van der Waals surface area contributed by atoms with Gasteiger partial charge >= 0.3 is 0 Å². The Morgan fingerprint density at radius 3 is 3.00 bits per heavy atom. The average molecular weight is 259 g/mol. The van der Waals surface area contributed by atoms with Gasteiger partial charge in [0.25, 0.3) is 0 Å². The Morgan fingerprint density at radius 1 is 1.39 bits per heavy atom. The van der Waals surface area contributed by atoms with E-state index in [-0.39, 0.29) is 0 Å². The first-order valence-electron chi connectivity index (χ1n) is 5.76. The molecule has 0 aromatic carbocycles. The van der Waals surface area contributed by atoms with Crippen molar-refractivity contribution in [2.24, 2.45) is 0 Å². The van der Waals surface area contributed by atoms with Gasteiger partial charge in [0.2, 0.25) is 0 Å². The summed E-state index contributed by atoms with van der Waals surface area (Å²) in [5.74, 6) is 0.852. The van der Waals surface area contributed by atoms with Gasteiger partial charge in [-0.2, -0.15) is 10.2 Å².